The SMILES string of the molecule is CCCCCCCCCCCCCCCCCCCCCCCCC(=O)O[C@H](COC(=O)CCCCCCCCCCCCCCCCCCCCCCC)COP(=O)(O)OC[C@@H](O)COP(=O)(O)OC[C@@H](COC(=O)CCCCCCCCCCCC)OC(=O)CCCCCCCCCCCCCCCCC(C)C. The standard InChI is InChI=1S/C91H178O17P2/c1-6-9-12-15-18-21-24-26-28-30-32-34-36-38-40-42-47-51-56-61-66-71-76-90(95)108-87(81-102-89(94)75-70-65-60-55-50-46-41-39-37-35-33-31-29-27-25-22-19-16-13-10-7-2)83-106-110(99,100)104-79-85(92)78-103-109(97,98)105-82-86(80-101-88(93)74-69-64-59-54-23-20-17-14-11-8-3)107-91(96)77-72-67-62-57-52-48-44-43-45-49-53-58-63-68-73-84(4)5/h84-87,92H,6-83H2,1-5H3,(H,97,98)(H,99,100)/t85-,86+,87+/m0/s1. The Balaban J connectivity index is 5.21. The van der Waals surface area contributed by atoms with Crippen molar-refractivity contribution in [2.45, 2.75) is 515 Å². The summed E-state index contributed by atoms with van der Waals surface area (Å²) in [6.45, 7) is 7.40. The zero-order chi connectivity index (χ0) is 80.4. The van der Waals surface area contributed by atoms with E-state index in [1.807, 2.05) is 0 Å². The highest BCUT2D eigenvalue weighted by Gasteiger charge is 2.31. The first-order valence-electron chi connectivity index (χ1n) is 47.1. The van der Waals surface area contributed by atoms with E-state index < -0.39 is 97.5 Å². The van der Waals surface area contributed by atoms with Crippen molar-refractivity contribution in [2.24, 2.45) is 5.92 Å². The molecule has 0 saturated heterocycles. The second-order valence-electron chi connectivity index (χ2n) is 33.2. The maximum Gasteiger partial charge on any atom is 0.472 e. The van der Waals surface area contributed by atoms with Crippen LogP contribution in [0, 0.1) is 5.92 Å². The van der Waals surface area contributed by atoms with Crippen molar-refractivity contribution in [2.75, 3.05) is 39.6 Å². The molecule has 0 aliphatic carbocycles. The van der Waals surface area contributed by atoms with Gasteiger partial charge >= 0.3 is 39.5 Å². The number of phosphoric acid groups is 2. The molecule has 654 valence electrons. The molecular weight excluding hydrogens is 1430 g/mol. The summed E-state index contributed by atoms with van der Waals surface area (Å²) in [5.74, 6) is -1.30. The monoisotopic (exact) mass is 1610 g/mol. The van der Waals surface area contributed by atoms with Crippen LogP contribution in [-0.2, 0) is 65.4 Å². The van der Waals surface area contributed by atoms with Gasteiger partial charge in [-0.1, -0.05) is 446 Å². The van der Waals surface area contributed by atoms with Gasteiger partial charge in [0, 0.05) is 25.7 Å². The number of aliphatic hydroxyl groups is 1. The average molecular weight is 1610 g/mol. The van der Waals surface area contributed by atoms with Crippen molar-refractivity contribution in [3.05, 3.63) is 0 Å². The predicted octanol–water partition coefficient (Wildman–Crippen LogP) is 28.3. The molecule has 0 aliphatic rings. The lowest BCUT2D eigenvalue weighted by atomic mass is 10.0. The lowest BCUT2D eigenvalue weighted by Gasteiger charge is -2.21. The molecule has 0 radical (unpaired) electrons. The Hall–Kier alpha value is -1.94. The van der Waals surface area contributed by atoms with Gasteiger partial charge in [-0.25, -0.2) is 9.13 Å². The maximum atomic E-state index is 13.2. The Morgan fingerprint density at radius 2 is 0.418 bits per heavy atom. The maximum absolute atomic E-state index is 13.2. The Labute approximate surface area is 677 Å². The fourth-order valence-electron chi connectivity index (χ4n) is 14.4. The molecule has 17 nitrogen and oxygen atoms in total. The molecule has 0 aromatic carbocycles. The van der Waals surface area contributed by atoms with Crippen LogP contribution in [-0.4, -0.2) is 96.7 Å². The van der Waals surface area contributed by atoms with E-state index in [-0.39, 0.29) is 25.7 Å². The quantitative estimate of drug-likeness (QED) is 0.0222. The summed E-state index contributed by atoms with van der Waals surface area (Å²) in [5.41, 5.74) is 0. The number of esters is 4. The molecule has 5 atom stereocenters. The Kier molecular flexibility index (Phi) is 82.1. The Morgan fingerprint density at radius 1 is 0.245 bits per heavy atom. The molecule has 0 aromatic heterocycles. The summed E-state index contributed by atoms with van der Waals surface area (Å²) in [5, 5.41) is 10.7. The second kappa shape index (κ2) is 83.5. The number of unbranched alkanes of at least 4 members (excludes halogenated alkanes) is 63. The van der Waals surface area contributed by atoms with Gasteiger partial charge in [-0.05, 0) is 31.6 Å². The highest BCUT2D eigenvalue weighted by Crippen LogP contribution is 2.45. The minimum atomic E-state index is -4.97. The van der Waals surface area contributed by atoms with Crippen LogP contribution in [0.3, 0.4) is 0 Å². The minimum absolute atomic E-state index is 0.108. The molecular formula is C91H178O17P2. The number of rotatable bonds is 91. The van der Waals surface area contributed by atoms with E-state index in [1.54, 1.807) is 0 Å². The third-order valence-electron chi connectivity index (χ3n) is 21.5. The van der Waals surface area contributed by atoms with Gasteiger partial charge in [0.25, 0.3) is 0 Å². The molecule has 0 aromatic rings. The summed E-state index contributed by atoms with van der Waals surface area (Å²) < 4.78 is 69.0. The van der Waals surface area contributed by atoms with Crippen LogP contribution in [0.25, 0.3) is 0 Å². The fourth-order valence-corrected chi connectivity index (χ4v) is 15.9. The molecule has 0 heterocycles. The summed E-state index contributed by atoms with van der Waals surface area (Å²) in [6, 6.07) is 0. The van der Waals surface area contributed by atoms with Crippen molar-refractivity contribution in [1.82, 2.24) is 0 Å². The number of ether oxygens (including phenoxy) is 4. The highest BCUT2D eigenvalue weighted by atomic mass is 31.2. The van der Waals surface area contributed by atoms with Gasteiger partial charge in [0.1, 0.15) is 19.3 Å². The lowest BCUT2D eigenvalue weighted by Crippen LogP contribution is -2.30. The first kappa shape index (κ1) is 108. The molecule has 0 spiro atoms. The van der Waals surface area contributed by atoms with Gasteiger partial charge in [-0.15, -0.1) is 0 Å². The fraction of sp³-hybridized carbons (Fsp3) is 0.956. The minimum Gasteiger partial charge on any atom is -0.462 e. The van der Waals surface area contributed by atoms with E-state index in [0.29, 0.717) is 25.7 Å². The summed E-state index contributed by atoms with van der Waals surface area (Å²) in [6.07, 6.45) is 79.4. The van der Waals surface area contributed by atoms with E-state index in [1.165, 1.54) is 321 Å². The summed E-state index contributed by atoms with van der Waals surface area (Å²) >= 11 is 0. The van der Waals surface area contributed by atoms with Crippen molar-refractivity contribution >= 4 is 39.5 Å². The van der Waals surface area contributed by atoms with E-state index in [4.69, 9.17) is 37.0 Å². The molecule has 3 N–H and O–H groups in total. The van der Waals surface area contributed by atoms with Gasteiger partial charge in [0.05, 0.1) is 26.4 Å². The van der Waals surface area contributed by atoms with Gasteiger partial charge in [-0.2, -0.15) is 0 Å². The van der Waals surface area contributed by atoms with E-state index in [0.717, 1.165) is 95.8 Å². The molecule has 0 rings (SSSR count). The number of carbonyl (C=O) groups is 4. The number of aliphatic hydroxyl groups excluding tert-OH is 1. The largest absolute Gasteiger partial charge is 0.472 e. The summed E-state index contributed by atoms with van der Waals surface area (Å²) in [4.78, 5) is 73.4. The van der Waals surface area contributed by atoms with Crippen LogP contribution >= 0.6 is 15.6 Å². The molecule has 0 bridgehead atoms. The zero-order valence-electron chi connectivity index (χ0n) is 72.4. The highest BCUT2D eigenvalue weighted by molar-refractivity contribution is 7.47. The first-order chi connectivity index (χ1) is 53.5. The van der Waals surface area contributed by atoms with Gasteiger partial charge in [0.15, 0.2) is 12.2 Å². The molecule has 0 fully saturated rings. The van der Waals surface area contributed by atoms with Crippen LogP contribution in [0.4, 0.5) is 0 Å². The molecule has 110 heavy (non-hydrogen) atoms. The van der Waals surface area contributed by atoms with Crippen molar-refractivity contribution < 1.29 is 80.2 Å². The molecule has 2 unspecified atom stereocenters. The molecule has 19 heteroatoms. The second-order valence-corrected chi connectivity index (χ2v) is 36.1. The Morgan fingerprint density at radius 3 is 0.618 bits per heavy atom. The molecule has 0 amide bonds. The molecule has 0 aliphatic heterocycles. The van der Waals surface area contributed by atoms with E-state index in [9.17, 15) is 43.2 Å². The smallest absolute Gasteiger partial charge is 0.462 e. The van der Waals surface area contributed by atoms with Crippen LogP contribution in [0.15, 0.2) is 0 Å². The third kappa shape index (κ3) is 84.0. The van der Waals surface area contributed by atoms with Crippen molar-refractivity contribution in [1.29, 1.82) is 0 Å². The normalized spacial score (nSPS) is 13.7. The van der Waals surface area contributed by atoms with Crippen LogP contribution in [0.1, 0.15) is 497 Å². The average Bonchev–Trinajstić information content (AvgIpc) is 0.899. The van der Waals surface area contributed by atoms with Gasteiger partial charge in [-0.3, -0.25) is 37.3 Å². The Bertz CT molecular complexity index is 2080. The van der Waals surface area contributed by atoms with Crippen LogP contribution in [0.5, 0.6) is 0 Å². The number of phosphoric ester groups is 2. The van der Waals surface area contributed by atoms with Crippen molar-refractivity contribution in [3.8, 4) is 0 Å². The van der Waals surface area contributed by atoms with Crippen LogP contribution in [0.2, 0.25) is 0 Å². The van der Waals surface area contributed by atoms with E-state index >= 15 is 0 Å². The number of carbonyl (C=O) groups excluding carboxylic acids is 4. The topological polar surface area (TPSA) is 237 Å². The predicted molar refractivity (Wildman–Crippen MR) is 455 cm³/mol. The number of hydrogen-bond donors (Lipinski definition) is 3. The summed E-state index contributed by atoms with van der Waals surface area (Å²) in [7, 11) is -9.93. The lowest BCUT2D eigenvalue weighted by molar-refractivity contribution is -0.161. The van der Waals surface area contributed by atoms with Crippen LogP contribution < -0.4 is 0 Å². The van der Waals surface area contributed by atoms with E-state index in [2.05, 4.69) is 34.6 Å². The zero-order valence-corrected chi connectivity index (χ0v) is 74.2. The number of hydrogen-bond acceptors (Lipinski definition) is 15. The van der Waals surface area contributed by atoms with Crippen molar-refractivity contribution in [3.63, 3.8) is 0 Å². The first-order valence-corrected chi connectivity index (χ1v) is 50.1. The third-order valence-corrected chi connectivity index (χ3v) is 23.4. The van der Waals surface area contributed by atoms with Gasteiger partial charge < -0.3 is 33.8 Å². The van der Waals surface area contributed by atoms with Gasteiger partial charge in [0.2, 0.25) is 0 Å². The molecule has 0 saturated carbocycles.